The number of hydrogen-bond donors (Lipinski definition) is 2. The number of carbonyl (C=O) groups is 3. The van der Waals surface area contributed by atoms with Crippen molar-refractivity contribution in [2.24, 2.45) is 0 Å². The van der Waals surface area contributed by atoms with Crippen LogP contribution in [0.15, 0.2) is 42.7 Å². The number of benzene rings is 2. The highest BCUT2D eigenvalue weighted by Crippen LogP contribution is 2.25. The monoisotopic (exact) mass is 505 g/mol. The minimum atomic E-state index is -1.07. The van der Waals surface area contributed by atoms with Crippen molar-refractivity contribution in [1.82, 2.24) is 19.8 Å². The second kappa shape index (κ2) is 10.5. The van der Waals surface area contributed by atoms with E-state index in [0.717, 1.165) is 39.8 Å². The maximum absolute atomic E-state index is 13.0. The number of likely N-dealkylation sites (tertiary alicyclic amines) is 1. The number of rotatable bonds is 5. The SMILES string of the molecule is COC(=O)[C@@H](Cc1cc(C)c2[nH]cnc2c1)OC(=O)N1CCC(N2CCc3ccccc3NC2=O)CC1. The van der Waals surface area contributed by atoms with Crippen LogP contribution in [0.3, 0.4) is 0 Å². The number of nitrogens with zero attached hydrogens (tertiary/aromatic N) is 3. The quantitative estimate of drug-likeness (QED) is 0.512. The number of aromatic amines is 1. The fraction of sp³-hybridized carbons (Fsp3) is 0.407. The summed E-state index contributed by atoms with van der Waals surface area (Å²) in [6, 6.07) is 11.6. The molecule has 2 aliphatic heterocycles. The van der Waals surface area contributed by atoms with Crippen LogP contribution in [-0.2, 0) is 27.1 Å². The maximum Gasteiger partial charge on any atom is 0.410 e. The zero-order chi connectivity index (χ0) is 25.9. The highest BCUT2D eigenvalue weighted by Gasteiger charge is 2.33. The fourth-order valence-electron chi connectivity index (χ4n) is 5.23. The third-order valence-electron chi connectivity index (χ3n) is 7.22. The minimum Gasteiger partial charge on any atom is -0.466 e. The van der Waals surface area contributed by atoms with E-state index in [2.05, 4.69) is 15.3 Å². The zero-order valence-electron chi connectivity index (χ0n) is 21.0. The number of anilines is 1. The van der Waals surface area contributed by atoms with Crippen LogP contribution in [0.1, 0.15) is 29.5 Å². The first-order chi connectivity index (χ1) is 17.9. The number of esters is 1. The molecule has 1 saturated heterocycles. The molecule has 3 amide bonds. The fourth-order valence-corrected chi connectivity index (χ4v) is 5.23. The molecule has 37 heavy (non-hydrogen) atoms. The van der Waals surface area contributed by atoms with E-state index in [9.17, 15) is 14.4 Å². The van der Waals surface area contributed by atoms with E-state index in [1.54, 1.807) is 11.2 Å². The molecule has 0 saturated carbocycles. The summed E-state index contributed by atoms with van der Waals surface area (Å²) >= 11 is 0. The molecular formula is C27H31N5O5. The second-order valence-electron chi connectivity index (χ2n) is 9.56. The normalized spacial score (nSPS) is 17.1. The molecule has 2 N–H and O–H groups in total. The lowest BCUT2D eigenvalue weighted by Crippen LogP contribution is -2.50. The van der Waals surface area contributed by atoms with Gasteiger partial charge in [-0.3, -0.25) is 0 Å². The Hall–Kier alpha value is -4.08. The maximum atomic E-state index is 13.0. The summed E-state index contributed by atoms with van der Waals surface area (Å²) in [6.45, 7) is 3.46. The number of para-hydroxylation sites is 1. The van der Waals surface area contributed by atoms with Gasteiger partial charge in [0.05, 0.1) is 24.5 Å². The Morgan fingerprint density at radius 2 is 1.95 bits per heavy atom. The summed E-state index contributed by atoms with van der Waals surface area (Å²) in [4.78, 5) is 49.2. The number of hydrogen-bond acceptors (Lipinski definition) is 6. The van der Waals surface area contributed by atoms with E-state index in [0.29, 0.717) is 32.5 Å². The highest BCUT2D eigenvalue weighted by atomic mass is 16.6. The van der Waals surface area contributed by atoms with Gasteiger partial charge < -0.3 is 29.6 Å². The van der Waals surface area contributed by atoms with Crippen molar-refractivity contribution in [1.29, 1.82) is 0 Å². The van der Waals surface area contributed by atoms with Gasteiger partial charge in [-0.1, -0.05) is 24.3 Å². The van der Waals surface area contributed by atoms with Gasteiger partial charge in [-0.25, -0.2) is 19.4 Å². The summed E-state index contributed by atoms with van der Waals surface area (Å²) in [5.74, 6) is -0.608. The lowest BCUT2D eigenvalue weighted by molar-refractivity contribution is -0.151. The van der Waals surface area contributed by atoms with Gasteiger partial charge in [0.15, 0.2) is 0 Å². The van der Waals surface area contributed by atoms with Crippen molar-refractivity contribution in [3.63, 3.8) is 0 Å². The molecular weight excluding hydrogens is 474 g/mol. The van der Waals surface area contributed by atoms with Gasteiger partial charge in [0.1, 0.15) is 0 Å². The van der Waals surface area contributed by atoms with Gasteiger partial charge in [-0.05, 0) is 55.0 Å². The van der Waals surface area contributed by atoms with Gasteiger partial charge >= 0.3 is 18.1 Å². The molecule has 0 unspecified atom stereocenters. The van der Waals surface area contributed by atoms with Crippen LogP contribution in [0.2, 0.25) is 0 Å². The second-order valence-corrected chi connectivity index (χ2v) is 9.56. The average Bonchev–Trinajstić information content (AvgIpc) is 3.31. The predicted molar refractivity (Wildman–Crippen MR) is 137 cm³/mol. The molecule has 0 radical (unpaired) electrons. The van der Waals surface area contributed by atoms with Gasteiger partial charge in [0.25, 0.3) is 0 Å². The number of ether oxygens (including phenoxy) is 2. The number of nitrogens with one attached hydrogen (secondary N) is 2. The molecule has 10 heteroatoms. The largest absolute Gasteiger partial charge is 0.466 e. The van der Waals surface area contributed by atoms with E-state index in [1.165, 1.54) is 7.11 Å². The molecule has 1 aromatic heterocycles. The van der Waals surface area contributed by atoms with Crippen molar-refractivity contribution >= 4 is 34.8 Å². The van der Waals surface area contributed by atoms with Gasteiger partial charge in [-0.2, -0.15) is 0 Å². The van der Waals surface area contributed by atoms with Crippen molar-refractivity contribution in [3.8, 4) is 0 Å². The van der Waals surface area contributed by atoms with Crippen LogP contribution >= 0.6 is 0 Å². The molecule has 1 fully saturated rings. The Morgan fingerprint density at radius 1 is 1.16 bits per heavy atom. The Morgan fingerprint density at radius 3 is 2.73 bits per heavy atom. The highest BCUT2D eigenvalue weighted by molar-refractivity contribution is 5.91. The number of aromatic nitrogens is 2. The summed E-state index contributed by atoms with van der Waals surface area (Å²) in [5, 5.41) is 3.01. The van der Waals surface area contributed by atoms with E-state index < -0.39 is 18.2 Å². The first-order valence-corrected chi connectivity index (χ1v) is 12.5. The minimum absolute atomic E-state index is 0.0262. The third-order valence-corrected chi connectivity index (χ3v) is 7.22. The number of urea groups is 1. The van der Waals surface area contributed by atoms with Crippen molar-refractivity contribution in [3.05, 3.63) is 59.4 Å². The number of piperidine rings is 1. The topological polar surface area (TPSA) is 117 Å². The number of amides is 3. The number of fused-ring (bicyclic) bond motifs is 2. The van der Waals surface area contributed by atoms with E-state index >= 15 is 0 Å². The molecule has 5 rings (SSSR count). The predicted octanol–water partition coefficient (Wildman–Crippen LogP) is 3.65. The molecule has 3 aromatic rings. The lowest BCUT2D eigenvalue weighted by atomic mass is 10.0. The summed E-state index contributed by atoms with van der Waals surface area (Å²) in [5.41, 5.74) is 5.50. The van der Waals surface area contributed by atoms with Crippen LogP contribution in [0.4, 0.5) is 15.3 Å². The molecule has 0 aliphatic carbocycles. The molecule has 10 nitrogen and oxygen atoms in total. The Bertz CT molecular complexity index is 1310. The first kappa shape index (κ1) is 24.6. The number of imidazole rings is 1. The van der Waals surface area contributed by atoms with Crippen molar-refractivity contribution in [2.45, 2.75) is 44.8 Å². The molecule has 0 spiro atoms. The molecule has 2 aromatic carbocycles. The first-order valence-electron chi connectivity index (χ1n) is 12.5. The molecule has 0 bridgehead atoms. The van der Waals surface area contributed by atoms with Crippen LogP contribution in [0.25, 0.3) is 11.0 Å². The van der Waals surface area contributed by atoms with Crippen molar-refractivity contribution < 1.29 is 23.9 Å². The van der Waals surface area contributed by atoms with E-state index in [4.69, 9.17) is 9.47 Å². The average molecular weight is 506 g/mol. The Labute approximate surface area is 214 Å². The van der Waals surface area contributed by atoms with Crippen molar-refractivity contribution in [2.75, 3.05) is 32.1 Å². The van der Waals surface area contributed by atoms with Gasteiger partial charge in [0.2, 0.25) is 6.10 Å². The molecule has 2 aliphatic rings. The molecule has 3 heterocycles. The van der Waals surface area contributed by atoms with E-state index in [1.807, 2.05) is 48.2 Å². The standard InChI is InChI=1S/C27H31N5O5/c1-17-13-18(14-22-24(17)29-16-28-22)15-23(25(33)36-2)37-27(35)31-10-8-20(9-11-31)32-12-7-19-5-3-4-6-21(19)30-26(32)34/h3-6,13-14,16,20,23H,7-12,15H2,1-2H3,(H,28,29)(H,30,34)/t23-/m1/s1. The van der Waals surface area contributed by atoms with Crippen LogP contribution in [0.5, 0.6) is 0 Å². The van der Waals surface area contributed by atoms with Crippen LogP contribution < -0.4 is 5.32 Å². The smallest absolute Gasteiger partial charge is 0.410 e. The third kappa shape index (κ3) is 5.23. The number of methoxy groups -OCH3 is 1. The lowest BCUT2D eigenvalue weighted by Gasteiger charge is -2.37. The van der Waals surface area contributed by atoms with Crippen LogP contribution in [-0.4, -0.2) is 76.8 Å². The zero-order valence-corrected chi connectivity index (χ0v) is 21.0. The van der Waals surface area contributed by atoms with Gasteiger partial charge in [0, 0.05) is 37.8 Å². The summed E-state index contributed by atoms with van der Waals surface area (Å²) < 4.78 is 10.6. The van der Waals surface area contributed by atoms with E-state index in [-0.39, 0.29) is 18.5 Å². The Kier molecular flexibility index (Phi) is 6.98. The van der Waals surface area contributed by atoms with Crippen LogP contribution in [0, 0.1) is 6.92 Å². The number of aryl methyl sites for hydroxylation is 1. The summed E-state index contributed by atoms with van der Waals surface area (Å²) in [6.07, 6.45) is 2.24. The molecule has 194 valence electrons. The number of H-pyrrole nitrogens is 1. The summed E-state index contributed by atoms with van der Waals surface area (Å²) in [7, 11) is 1.28. The Balaban J connectivity index is 1.19. The molecule has 1 atom stereocenters. The number of carbonyl (C=O) groups excluding carboxylic acids is 3. The van der Waals surface area contributed by atoms with Gasteiger partial charge in [-0.15, -0.1) is 0 Å².